The molecule has 2 aromatic rings. The second-order valence-corrected chi connectivity index (χ2v) is 7.72. The maximum absolute atomic E-state index is 13.1. The summed E-state index contributed by atoms with van der Waals surface area (Å²) in [4.78, 5) is 12.7. The van der Waals surface area contributed by atoms with Gasteiger partial charge in [-0.15, -0.1) is 0 Å². The number of benzene rings is 2. The normalized spacial score (nSPS) is 15.6. The Labute approximate surface area is 153 Å². The molecule has 1 aliphatic rings. The minimum atomic E-state index is -5.14. The third kappa shape index (κ3) is 4.30. The maximum atomic E-state index is 13.1. The van der Waals surface area contributed by atoms with E-state index >= 15 is 0 Å². The van der Waals surface area contributed by atoms with Crippen molar-refractivity contribution in [3.05, 3.63) is 70.8 Å². The zero-order valence-electron chi connectivity index (χ0n) is 13.8. The predicted octanol–water partition coefficient (Wildman–Crippen LogP) is 3.08. The first-order valence-electron chi connectivity index (χ1n) is 7.94. The highest BCUT2D eigenvalue weighted by Crippen LogP contribution is 2.38. The molecule has 27 heavy (non-hydrogen) atoms. The Balaban J connectivity index is 1.99. The van der Waals surface area contributed by atoms with Gasteiger partial charge in [0.15, 0.2) is 0 Å². The molecular weight excluding hydrogens is 385 g/mol. The first-order chi connectivity index (χ1) is 12.6. The Bertz CT molecular complexity index is 923. The first-order valence-corrected chi connectivity index (χ1v) is 9.55. The van der Waals surface area contributed by atoms with Gasteiger partial charge in [0.25, 0.3) is 10.1 Å². The Hall–Kier alpha value is -2.39. The molecule has 0 aromatic heterocycles. The van der Waals surface area contributed by atoms with Crippen LogP contribution in [0.3, 0.4) is 0 Å². The molecule has 9 heteroatoms. The summed E-state index contributed by atoms with van der Waals surface area (Å²) in [6.45, 7) is 0. The number of ether oxygens (including phenoxy) is 1. The average Bonchev–Trinajstić information content (AvgIpc) is 2.57. The van der Waals surface area contributed by atoms with E-state index in [0.717, 1.165) is 11.1 Å². The van der Waals surface area contributed by atoms with Crippen molar-refractivity contribution in [1.29, 1.82) is 0 Å². The largest absolute Gasteiger partial charge is 0.451 e. The van der Waals surface area contributed by atoms with Crippen LogP contribution in [-0.4, -0.2) is 37.0 Å². The molecule has 0 aliphatic heterocycles. The lowest BCUT2D eigenvalue weighted by Gasteiger charge is -2.29. The number of rotatable bonds is 4. The Kier molecular flexibility index (Phi) is 5.00. The van der Waals surface area contributed by atoms with Crippen molar-refractivity contribution in [3.8, 4) is 0 Å². The van der Waals surface area contributed by atoms with E-state index in [4.69, 9.17) is 4.55 Å². The van der Waals surface area contributed by atoms with E-state index in [1.54, 1.807) is 48.5 Å². The van der Waals surface area contributed by atoms with Crippen LogP contribution in [0, 0.1) is 0 Å². The number of esters is 1. The lowest BCUT2D eigenvalue weighted by molar-refractivity contribution is -0.215. The summed E-state index contributed by atoms with van der Waals surface area (Å²) in [5.74, 6) is -4.09. The maximum Gasteiger partial charge on any atom is 0.426 e. The summed E-state index contributed by atoms with van der Waals surface area (Å²) in [6, 6.07) is 13.6. The van der Waals surface area contributed by atoms with Crippen LogP contribution >= 0.6 is 0 Å². The standard InChI is InChI=1S/C18H15F3O5S/c19-18(20,21)15(10-27(23,24)25)26-17(22)16-13-7-3-1-5-11(13)9-12-6-2-4-8-14(12)16/h1-8,15-16H,9-10H2,(H,23,24,25). The third-order valence-electron chi connectivity index (χ3n) is 4.33. The topological polar surface area (TPSA) is 80.7 Å². The van der Waals surface area contributed by atoms with Crippen LogP contribution < -0.4 is 0 Å². The summed E-state index contributed by atoms with van der Waals surface area (Å²) >= 11 is 0. The highest BCUT2D eigenvalue weighted by Gasteiger charge is 2.47. The zero-order chi connectivity index (χ0) is 19.8. The van der Waals surface area contributed by atoms with Crippen molar-refractivity contribution in [2.45, 2.75) is 24.6 Å². The SMILES string of the molecule is O=C(OC(CS(=O)(=O)O)C(F)(F)F)C1c2ccccc2Cc2ccccc21. The van der Waals surface area contributed by atoms with E-state index in [0.29, 0.717) is 17.5 Å². The fourth-order valence-corrected chi connectivity index (χ4v) is 3.81. The molecule has 3 rings (SSSR count). The number of halogens is 3. The van der Waals surface area contributed by atoms with Crippen molar-refractivity contribution in [1.82, 2.24) is 0 Å². The fraction of sp³-hybridized carbons (Fsp3) is 0.278. The van der Waals surface area contributed by atoms with Crippen molar-refractivity contribution in [3.63, 3.8) is 0 Å². The second kappa shape index (κ2) is 6.97. The monoisotopic (exact) mass is 400 g/mol. The van der Waals surface area contributed by atoms with Crippen LogP contribution in [0.4, 0.5) is 13.2 Å². The number of alkyl halides is 3. The number of carbonyl (C=O) groups is 1. The lowest BCUT2D eigenvalue weighted by Crippen LogP contribution is -2.41. The highest BCUT2D eigenvalue weighted by molar-refractivity contribution is 7.85. The van der Waals surface area contributed by atoms with Crippen molar-refractivity contribution in [2.75, 3.05) is 5.75 Å². The molecule has 0 fully saturated rings. The molecule has 0 heterocycles. The fourth-order valence-electron chi connectivity index (χ4n) is 3.18. The average molecular weight is 400 g/mol. The quantitative estimate of drug-likeness (QED) is 0.630. The van der Waals surface area contributed by atoms with E-state index in [-0.39, 0.29) is 0 Å². The number of fused-ring (bicyclic) bond motifs is 2. The Morgan fingerprint density at radius 2 is 1.56 bits per heavy atom. The van der Waals surface area contributed by atoms with E-state index < -0.39 is 40.0 Å². The van der Waals surface area contributed by atoms with Gasteiger partial charge < -0.3 is 4.74 Å². The number of hydrogen-bond donors (Lipinski definition) is 1. The number of hydrogen-bond acceptors (Lipinski definition) is 4. The smallest absolute Gasteiger partial charge is 0.426 e. The summed E-state index contributed by atoms with van der Waals surface area (Å²) < 4.78 is 74.5. The van der Waals surface area contributed by atoms with Gasteiger partial charge in [-0.3, -0.25) is 9.35 Å². The molecule has 0 radical (unpaired) electrons. The molecule has 1 aliphatic carbocycles. The van der Waals surface area contributed by atoms with E-state index in [1.165, 1.54) is 0 Å². The minimum Gasteiger partial charge on any atom is -0.451 e. The molecule has 1 atom stereocenters. The van der Waals surface area contributed by atoms with Crippen LogP contribution in [-0.2, 0) is 26.1 Å². The van der Waals surface area contributed by atoms with Gasteiger partial charge in [0.2, 0.25) is 6.10 Å². The van der Waals surface area contributed by atoms with Gasteiger partial charge in [0, 0.05) is 0 Å². The highest BCUT2D eigenvalue weighted by atomic mass is 32.2. The van der Waals surface area contributed by atoms with Crippen molar-refractivity contribution in [2.24, 2.45) is 0 Å². The van der Waals surface area contributed by atoms with Gasteiger partial charge in [0.05, 0.1) is 0 Å². The van der Waals surface area contributed by atoms with E-state index in [2.05, 4.69) is 4.74 Å². The van der Waals surface area contributed by atoms with Gasteiger partial charge in [-0.25, -0.2) is 0 Å². The number of carbonyl (C=O) groups excluding carboxylic acids is 1. The second-order valence-electron chi connectivity index (χ2n) is 6.22. The van der Waals surface area contributed by atoms with Crippen molar-refractivity contribution >= 4 is 16.1 Å². The molecule has 0 bridgehead atoms. The molecule has 5 nitrogen and oxygen atoms in total. The van der Waals surface area contributed by atoms with E-state index in [1.807, 2.05) is 0 Å². The molecule has 1 unspecified atom stereocenters. The summed E-state index contributed by atoms with van der Waals surface area (Å²) in [5, 5.41) is 0. The molecular formula is C18H15F3O5S. The van der Waals surface area contributed by atoms with Crippen LogP contribution in [0.2, 0.25) is 0 Å². The summed E-state index contributed by atoms with van der Waals surface area (Å²) in [7, 11) is -5.00. The summed E-state index contributed by atoms with van der Waals surface area (Å²) in [5.41, 5.74) is 2.57. The van der Waals surface area contributed by atoms with Crippen LogP contribution in [0.15, 0.2) is 48.5 Å². The molecule has 2 aromatic carbocycles. The first kappa shape index (κ1) is 19.4. The Morgan fingerprint density at radius 1 is 1.07 bits per heavy atom. The van der Waals surface area contributed by atoms with Crippen LogP contribution in [0.5, 0.6) is 0 Å². The molecule has 144 valence electrons. The zero-order valence-corrected chi connectivity index (χ0v) is 14.6. The van der Waals surface area contributed by atoms with Gasteiger partial charge in [0.1, 0.15) is 11.7 Å². The van der Waals surface area contributed by atoms with Crippen LogP contribution in [0.1, 0.15) is 28.2 Å². The van der Waals surface area contributed by atoms with E-state index in [9.17, 15) is 26.4 Å². The lowest BCUT2D eigenvalue weighted by atomic mass is 9.78. The minimum absolute atomic E-state index is 0.508. The molecule has 0 amide bonds. The van der Waals surface area contributed by atoms with Crippen molar-refractivity contribution < 1.29 is 35.7 Å². The predicted molar refractivity (Wildman–Crippen MR) is 89.9 cm³/mol. The van der Waals surface area contributed by atoms with Gasteiger partial charge in [-0.1, -0.05) is 48.5 Å². The van der Waals surface area contributed by atoms with Gasteiger partial charge >= 0.3 is 12.1 Å². The van der Waals surface area contributed by atoms with Gasteiger partial charge in [-0.05, 0) is 28.7 Å². The molecule has 0 saturated carbocycles. The van der Waals surface area contributed by atoms with Crippen LogP contribution in [0.25, 0.3) is 0 Å². The van der Waals surface area contributed by atoms with Gasteiger partial charge in [-0.2, -0.15) is 21.6 Å². The third-order valence-corrected chi connectivity index (χ3v) is 5.06. The Morgan fingerprint density at radius 3 is 2.00 bits per heavy atom. The molecule has 0 spiro atoms. The molecule has 1 N–H and O–H groups in total. The summed E-state index contributed by atoms with van der Waals surface area (Å²) in [6.07, 6.45) is -7.58. The molecule has 0 saturated heterocycles.